The number of carbonyl (C=O) groups is 2. The molecule has 6 aromatic rings. The molecular weight excluding hydrogens is 643 g/mol. The minimum Gasteiger partial charge on any atom is -0.505 e. The van der Waals surface area contributed by atoms with E-state index in [0.29, 0.717) is 39.4 Å². The largest absolute Gasteiger partial charge is 0.505 e. The molecule has 1 fully saturated rings. The molecule has 3 aromatic heterocycles. The number of pyridine rings is 1. The molecule has 0 aliphatic carbocycles. The van der Waals surface area contributed by atoms with Crippen molar-refractivity contribution < 1.29 is 19.4 Å². The van der Waals surface area contributed by atoms with Gasteiger partial charge in [-0.2, -0.15) is 0 Å². The molecule has 0 spiro atoms. The second-order valence-corrected chi connectivity index (χ2v) is 13.7. The van der Waals surface area contributed by atoms with Gasteiger partial charge in [0.05, 0.1) is 17.3 Å². The predicted molar refractivity (Wildman–Crippen MR) is 187 cm³/mol. The van der Waals surface area contributed by atoms with Gasteiger partial charge in [-0.25, -0.2) is 4.98 Å². The number of aromatic nitrogens is 4. The summed E-state index contributed by atoms with van der Waals surface area (Å²) >= 11 is 2.73. The molecule has 240 valence electrons. The summed E-state index contributed by atoms with van der Waals surface area (Å²) < 4.78 is 8.62. The zero-order valence-electron chi connectivity index (χ0n) is 26.5. The van der Waals surface area contributed by atoms with Crippen LogP contribution in [0.5, 0.6) is 5.75 Å². The molecule has 1 amide bonds. The third kappa shape index (κ3) is 5.98. The van der Waals surface area contributed by atoms with Crippen LogP contribution in [-0.2, 0) is 21.9 Å². The van der Waals surface area contributed by atoms with Crippen molar-refractivity contribution in [2.45, 2.75) is 43.5 Å². The molecule has 1 N–H and O–H groups in total. The number of amides is 1. The lowest BCUT2D eigenvalue weighted by Gasteiger charge is -2.23. The van der Waals surface area contributed by atoms with E-state index in [2.05, 4.69) is 34.5 Å². The fourth-order valence-corrected chi connectivity index (χ4v) is 7.55. The number of ether oxygens (including phenoxy) is 1. The molecule has 3 aromatic carbocycles. The van der Waals surface area contributed by atoms with Crippen LogP contribution >= 0.6 is 23.1 Å². The monoisotopic (exact) mass is 673 g/mol. The highest BCUT2D eigenvalue weighted by molar-refractivity contribution is 8.00. The van der Waals surface area contributed by atoms with Crippen LogP contribution in [0.4, 0.5) is 5.13 Å². The van der Waals surface area contributed by atoms with Crippen molar-refractivity contribution in [3.63, 3.8) is 0 Å². The van der Waals surface area contributed by atoms with Gasteiger partial charge >= 0.3 is 5.91 Å². The number of thioether (sulfide) groups is 1. The molecule has 1 aliphatic rings. The van der Waals surface area contributed by atoms with Crippen molar-refractivity contribution in [3.8, 4) is 5.75 Å². The van der Waals surface area contributed by atoms with Crippen molar-refractivity contribution in [2.75, 3.05) is 4.90 Å². The van der Waals surface area contributed by atoms with Crippen LogP contribution in [0.25, 0.3) is 11.4 Å². The van der Waals surface area contributed by atoms with E-state index in [4.69, 9.17) is 9.72 Å². The van der Waals surface area contributed by atoms with Gasteiger partial charge in [0, 0.05) is 11.9 Å². The number of ketones is 1. The van der Waals surface area contributed by atoms with Gasteiger partial charge in [-0.15, -0.1) is 10.2 Å². The van der Waals surface area contributed by atoms with Crippen LogP contribution < -0.4 is 9.64 Å². The Morgan fingerprint density at radius 3 is 2.48 bits per heavy atom. The van der Waals surface area contributed by atoms with Crippen LogP contribution in [0.1, 0.15) is 45.2 Å². The maximum Gasteiger partial charge on any atom is 0.301 e. The maximum atomic E-state index is 13.9. The second-order valence-electron chi connectivity index (χ2n) is 11.6. The van der Waals surface area contributed by atoms with Gasteiger partial charge in [-0.3, -0.25) is 14.5 Å². The van der Waals surface area contributed by atoms with E-state index in [1.807, 2.05) is 79.9 Å². The highest BCUT2D eigenvalue weighted by Gasteiger charge is 2.49. The topological polar surface area (TPSA) is 110 Å². The first-order valence-electron chi connectivity index (χ1n) is 15.3. The number of hydrogen-bond donors (Lipinski definition) is 1. The minimum atomic E-state index is -1.00. The lowest BCUT2D eigenvalue weighted by molar-refractivity contribution is -0.132. The van der Waals surface area contributed by atoms with Crippen molar-refractivity contribution in [3.05, 3.63) is 142 Å². The normalized spacial score (nSPS) is 15.8. The predicted octanol–water partition coefficient (Wildman–Crippen LogP) is 7.61. The van der Waals surface area contributed by atoms with E-state index < -0.39 is 17.7 Å². The smallest absolute Gasteiger partial charge is 0.301 e. The lowest BCUT2D eigenvalue weighted by atomic mass is 9.96. The summed E-state index contributed by atoms with van der Waals surface area (Å²) in [5.74, 6) is -0.764. The fraction of sp³-hybridized carbons (Fsp3) is 0.162. The van der Waals surface area contributed by atoms with Gasteiger partial charge < -0.3 is 14.2 Å². The number of Topliss-reactive ketones (excluding diaryl/α,β-unsaturated/α-hetero) is 1. The first-order valence-corrected chi connectivity index (χ1v) is 17.1. The van der Waals surface area contributed by atoms with E-state index >= 15 is 0 Å². The van der Waals surface area contributed by atoms with Crippen molar-refractivity contribution in [2.24, 2.45) is 0 Å². The molecule has 1 atom stereocenters. The number of imidazole rings is 1. The number of fused-ring (bicyclic) bond motifs is 1. The number of benzene rings is 3. The third-order valence-electron chi connectivity index (χ3n) is 8.26. The van der Waals surface area contributed by atoms with Crippen LogP contribution in [0, 0.1) is 20.8 Å². The van der Waals surface area contributed by atoms with Gasteiger partial charge in [0.2, 0.25) is 5.13 Å². The van der Waals surface area contributed by atoms with Crippen LogP contribution in [0.2, 0.25) is 0 Å². The van der Waals surface area contributed by atoms with Crippen LogP contribution in [-0.4, -0.2) is 36.4 Å². The van der Waals surface area contributed by atoms with E-state index in [0.717, 1.165) is 16.7 Å². The molecule has 48 heavy (non-hydrogen) atoms. The van der Waals surface area contributed by atoms with Crippen molar-refractivity contribution in [1.82, 2.24) is 19.6 Å². The van der Waals surface area contributed by atoms with Crippen LogP contribution in [0.3, 0.4) is 0 Å². The first-order chi connectivity index (χ1) is 23.3. The fourth-order valence-electron chi connectivity index (χ4n) is 5.72. The van der Waals surface area contributed by atoms with E-state index in [9.17, 15) is 14.7 Å². The van der Waals surface area contributed by atoms with Gasteiger partial charge in [-0.05, 0) is 61.2 Å². The van der Waals surface area contributed by atoms with Gasteiger partial charge in [0.25, 0.3) is 5.78 Å². The molecular formula is C37H31N5O4S2. The van der Waals surface area contributed by atoms with Crippen molar-refractivity contribution >= 4 is 51.3 Å². The molecule has 1 aliphatic heterocycles. The zero-order chi connectivity index (χ0) is 33.4. The lowest BCUT2D eigenvalue weighted by Crippen LogP contribution is -2.29. The minimum absolute atomic E-state index is 0.0755. The first kappa shape index (κ1) is 31.3. The Morgan fingerprint density at radius 2 is 1.71 bits per heavy atom. The molecule has 11 heteroatoms. The third-order valence-corrected chi connectivity index (χ3v) is 10.4. The summed E-state index contributed by atoms with van der Waals surface area (Å²) in [7, 11) is 0. The number of carbonyl (C=O) groups excluding carboxylic acids is 2. The van der Waals surface area contributed by atoms with E-state index in [-0.39, 0.29) is 22.2 Å². The number of anilines is 1. The molecule has 4 heterocycles. The second kappa shape index (κ2) is 13.1. The van der Waals surface area contributed by atoms with Gasteiger partial charge in [-0.1, -0.05) is 101 Å². The number of nitrogens with zero attached hydrogens (tertiary/aromatic N) is 5. The Balaban J connectivity index is 1.29. The molecule has 9 nitrogen and oxygen atoms in total. The number of rotatable bonds is 9. The molecule has 0 saturated carbocycles. The van der Waals surface area contributed by atoms with Crippen molar-refractivity contribution in [1.29, 1.82) is 0 Å². The average molecular weight is 674 g/mol. The summed E-state index contributed by atoms with van der Waals surface area (Å²) in [6.07, 6.45) is 1.85. The number of hydrogen-bond acceptors (Lipinski definition) is 9. The zero-order valence-corrected chi connectivity index (χ0v) is 28.1. The number of aliphatic hydroxyl groups is 1. The Kier molecular flexibility index (Phi) is 8.55. The summed E-state index contributed by atoms with van der Waals surface area (Å²) in [5, 5.41) is 20.8. The SMILES string of the molecule is Cc1ccc(CSc2nnc(N3C(=O)C(=O)C(=C(O)c4nc5c(C)cccn5c4C)C3c3cccc(OCc4ccccc4)c3)s2)cc1. The molecule has 1 unspecified atom stereocenters. The Morgan fingerprint density at radius 1 is 0.917 bits per heavy atom. The van der Waals surface area contributed by atoms with E-state index in [1.54, 1.807) is 18.2 Å². The maximum absolute atomic E-state index is 13.9. The highest BCUT2D eigenvalue weighted by Crippen LogP contribution is 2.45. The molecule has 0 radical (unpaired) electrons. The summed E-state index contributed by atoms with van der Waals surface area (Å²) in [4.78, 5) is 33.8. The number of aryl methyl sites for hydroxylation is 3. The van der Waals surface area contributed by atoms with E-state index in [1.165, 1.54) is 33.6 Å². The average Bonchev–Trinajstić information content (AvgIpc) is 3.78. The quantitative estimate of drug-likeness (QED) is 0.0549. The number of aliphatic hydroxyl groups excluding tert-OH is 1. The highest BCUT2D eigenvalue weighted by atomic mass is 32.2. The van der Waals surface area contributed by atoms with Gasteiger partial charge in [0.15, 0.2) is 10.1 Å². The van der Waals surface area contributed by atoms with Gasteiger partial charge in [0.1, 0.15) is 23.7 Å². The Bertz CT molecular complexity index is 2190. The summed E-state index contributed by atoms with van der Waals surface area (Å²) in [5.41, 5.74) is 6.24. The Hall–Kier alpha value is -5.26. The summed E-state index contributed by atoms with van der Waals surface area (Å²) in [6, 6.07) is 28.1. The molecule has 7 rings (SSSR count). The Labute approximate surface area is 285 Å². The van der Waals surface area contributed by atoms with Crippen LogP contribution in [0.15, 0.2) is 107 Å². The molecule has 0 bridgehead atoms. The standard InChI is InChI=1S/C37H31N5O4S2/c1-22-14-16-26(17-15-22)21-47-37-40-39-36(48-37)42-31(27-12-7-13-28(19-27)46-20-25-10-5-4-6-11-25)29(33(44)35(42)45)32(43)30-24(3)41-18-8-9-23(2)34(41)38-30/h4-19,31,43H,20-21H2,1-3H3. The summed E-state index contributed by atoms with van der Waals surface area (Å²) in [6.45, 7) is 6.12. The molecule has 1 saturated heterocycles.